The lowest BCUT2D eigenvalue weighted by Crippen LogP contribution is -2.21. The monoisotopic (exact) mass is 291 g/mol. The maximum Gasteiger partial charge on any atom is 0.186 e. The number of hydrogen-bond acceptors (Lipinski definition) is 6. The predicted octanol–water partition coefficient (Wildman–Crippen LogP) is 2.55. The molecule has 6 heteroatoms. The van der Waals surface area contributed by atoms with Crippen LogP contribution in [0.15, 0.2) is 24.3 Å². The van der Waals surface area contributed by atoms with Crippen molar-refractivity contribution in [3.63, 3.8) is 0 Å². The second-order valence-electron chi connectivity index (χ2n) is 4.58. The van der Waals surface area contributed by atoms with E-state index in [4.69, 9.17) is 9.47 Å². The minimum Gasteiger partial charge on any atom is -0.485 e. The van der Waals surface area contributed by atoms with Crippen molar-refractivity contribution in [2.24, 2.45) is 0 Å². The fraction of sp³-hybridized carbons (Fsp3) is 0.429. The smallest absolute Gasteiger partial charge is 0.186 e. The zero-order valence-electron chi connectivity index (χ0n) is 11.3. The van der Waals surface area contributed by atoms with Gasteiger partial charge < -0.3 is 14.8 Å². The lowest BCUT2D eigenvalue weighted by atomic mass is 10.3. The van der Waals surface area contributed by atoms with Crippen molar-refractivity contribution >= 4 is 11.3 Å². The van der Waals surface area contributed by atoms with Gasteiger partial charge in [-0.3, -0.25) is 0 Å². The summed E-state index contributed by atoms with van der Waals surface area (Å²) in [4.78, 5) is 0. The molecule has 2 aromatic rings. The van der Waals surface area contributed by atoms with E-state index in [0.29, 0.717) is 6.61 Å². The highest BCUT2D eigenvalue weighted by Gasteiger charge is 2.25. The molecule has 1 N–H and O–H groups in total. The predicted molar refractivity (Wildman–Crippen MR) is 77.2 cm³/mol. The largest absolute Gasteiger partial charge is 0.485 e. The zero-order chi connectivity index (χ0) is 13.8. The van der Waals surface area contributed by atoms with Crippen molar-refractivity contribution < 1.29 is 9.47 Å². The van der Waals surface area contributed by atoms with Gasteiger partial charge in [0.05, 0.1) is 0 Å². The summed E-state index contributed by atoms with van der Waals surface area (Å²) in [5.41, 5.74) is 0. The molecule has 0 bridgehead atoms. The molecule has 3 rings (SSSR count). The van der Waals surface area contributed by atoms with E-state index in [1.54, 1.807) is 11.3 Å². The fourth-order valence-electron chi connectivity index (χ4n) is 1.98. The van der Waals surface area contributed by atoms with Gasteiger partial charge in [0.15, 0.2) is 22.6 Å². The molecule has 1 atom stereocenters. The highest BCUT2D eigenvalue weighted by Crippen LogP contribution is 2.36. The van der Waals surface area contributed by atoms with Gasteiger partial charge in [-0.15, -0.1) is 10.2 Å². The first-order valence-electron chi connectivity index (χ1n) is 6.78. The zero-order valence-corrected chi connectivity index (χ0v) is 12.2. The molecule has 1 aliphatic rings. The van der Waals surface area contributed by atoms with Crippen LogP contribution >= 0.6 is 11.3 Å². The molecule has 106 valence electrons. The van der Waals surface area contributed by atoms with Gasteiger partial charge >= 0.3 is 0 Å². The molecule has 20 heavy (non-hydrogen) atoms. The molecule has 5 nitrogen and oxygen atoms in total. The number of nitrogens with zero attached hydrogens (tertiary/aromatic N) is 2. The van der Waals surface area contributed by atoms with Crippen molar-refractivity contribution in [1.29, 1.82) is 0 Å². The number of hydrogen-bond donors (Lipinski definition) is 1. The Kier molecular flexibility index (Phi) is 4.13. The van der Waals surface area contributed by atoms with E-state index in [1.165, 1.54) is 0 Å². The molecule has 0 spiro atoms. The molecule has 1 unspecified atom stereocenters. The number of nitrogens with one attached hydrogen (secondary N) is 1. The Bertz CT molecular complexity index is 573. The third-order valence-electron chi connectivity index (χ3n) is 2.97. The summed E-state index contributed by atoms with van der Waals surface area (Å²) in [5.74, 6) is 1.56. The highest BCUT2D eigenvalue weighted by molar-refractivity contribution is 7.11. The minimum atomic E-state index is -0.165. The second-order valence-corrected chi connectivity index (χ2v) is 5.67. The van der Waals surface area contributed by atoms with Crippen LogP contribution < -0.4 is 14.8 Å². The Labute approximate surface area is 121 Å². The maximum atomic E-state index is 5.92. The van der Waals surface area contributed by atoms with Gasteiger partial charge in [-0.25, -0.2) is 0 Å². The van der Waals surface area contributed by atoms with Crippen LogP contribution in [0.3, 0.4) is 0 Å². The number of fused-ring (bicyclic) bond motifs is 1. The minimum absolute atomic E-state index is 0.165. The summed E-state index contributed by atoms with van der Waals surface area (Å²) < 4.78 is 11.6. The second kappa shape index (κ2) is 6.19. The van der Waals surface area contributed by atoms with Crippen LogP contribution in [0, 0.1) is 0 Å². The van der Waals surface area contributed by atoms with Crippen molar-refractivity contribution in [1.82, 2.24) is 15.5 Å². The normalized spacial score (nSPS) is 17.1. The topological polar surface area (TPSA) is 56.3 Å². The number of aromatic nitrogens is 2. The lowest BCUT2D eigenvalue weighted by molar-refractivity contribution is 0.0906. The van der Waals surface area contributed by atoms with E-state index in [0.717, 1.165) is 41.0 Å². The van der Waals surface area contributed by atoms with Crippen LogP contribution in [0.5, 0.6) is 11.5 Å². The molecule has 0 fully saturated rings. The van der Waals surface area contributed by atoms with Crippen LogP contribution in [0.1, 0.15) is 29.5 Å². The Morgan fingerprint density at radius 1 is 1.30 bits per heavy atom. The Morgan fingerprint density at radius 3 is 3.00 bits per heavy atom. The van der Waals surface area contributed by atoms with Crippen molar-refractivity contribution in [2.45, 2.75) is 26.0 Å². The van der Waals surface area contributed by atoms with Crippen LogP contribution in [0.25, 0.3) is 0 Å². The van der Waals surface area contributed by atoms with Gasteiger partial charge in [-0.05, 0) is 25.1 Å². The van der Waals surface area contributed by atoms with E-state index < -0.39 is 0 Å². The lowest BCUT2D eigenvalue weighted by Gasteiger charge is -2.24. The Hall–Kier alpha value is -1.66. The first kappa shape index (κ1) is 13.3. The van der Waals surface area contributed by atoms with Gasteiger partial charge in [0.2, 0.25) is 0 Å². The van der Waals surface area contributed by atoms with Gasteiger partial charge in [0.25, 0.3) is 0 Å². The Balaban J connectivity index is 1.66. The highest BCUT2D eigenvalue weighted by atomic mass is 32.1. The molecule has 1 aromatic heterocycles. The number of rotatable bonds is 5. The SMILES string of the molecule is CCCNCc1nnc(C2COc3ccccc3O2)s1. The van der Waals surface area contributed by atoms with E-state index in [2.05, 4.69) is 22.4 Å². The average molecular weight is 291 g/mol. The molecule has 2 heterocycles. The summed E-state index contributed by atoms with van der Waals surface area (Å²) in [6.45, 7) is 4.37. The Morgan fingerprint density at radius 2 is 2.15 bits per heavy atom. The first-order chi connectivity index (χ1) is 9.86. The van der Waals surface area contributed by atoms with Crippen molar-refractivity contribution in [3.05, 3.63) is 34.3 Å². The average Bonchev–Trinajstić information content (AvgIpc) is 2.96. The summed E-state index contributed by atoms with van der Waals surface area (Å²) in [7, 11) is 0. The first-order valence-corrected chi connectivity index (χ1v) is 7.60. The van der Waals surface area contributed by atoms with Gasteiger partial charge in [0.1, 0.15) is 11.6 Å². The third kappa shape index (κ3) is 2.91. The van der Waals surface area contributed by atoms with E-state index in [9.17, 15) is 0 Å². The van der Waals surface area contributed by atoms with Crippen LogP contribution in [-0.2, 0) is 6.54 Å². The quantitative estimate of drug-likeness (QED) is 0.858. The van der Waals surface area contributed by atoms with Gasteiger partial charge in [0, 0.05) is 6.54 Å². The fourth-order valence-corrected chi connectivity index (χ4v) is 2.81. The molecular weight excluding hydrogens is 274 g/mol. The molecule has 0 saturated carbocycles. The molecule has 0 radical (unpaired) electrons. The van der Waals surface area contributed by atoms with E-state index >= 15 is 0 Å². The van der Waals surface area contributed by atoms with Gasteiger partial charge in [-0.2, -0.15) is 0 Å². The third-order valence-corrected chi connectivity index (χ3v) is 3.98. The number of para-hydroxylation sites is 2. The molecule has 0 amide bonds. The van der Waals surface area contributed by atoms with Crippen LogP contribution in [0.2, 0.25) is 0 Å². The number of benzene rings is 1. The van der Waals surface area contributed by atoms with Gasteiger partial charge in [-0.1, -0.05) is 30.4 Å². The summed E-state index contributed by atoms with van der Waals surface area (Å²) >= 11 is 1.57. The van der Waals surface area contributed by atoms with E-state index in [-0.39, 0.29) is 6.10 Å². The summed E-state index contributed by atoms with van der Waals surface area (Å²) in [6, 6.07) is 7.69. The number of ether oxygens (including phenoxy) is 2. The molecule has 1 aromatic carbocycles. The van der Waals surface area contributed by atoms with Crippen LogP contribution in [0.4, 0.5) is 0 Å². The standard InChI is InChI=1S/C14H17N3O2S/c1-2-7-15-8-13-16-17-14(20-13)12-9-18-10-5-3-4-6-11(10)19-12/h3-6,12,15H,2,7-9H2,1H3. The maximum absolute atomic E-state index is 5.92. The summed E-state index contributed by atoms with van der Waals surface area (Å²) in [5, 5.41) is 13.6. The van der Waals surface area contributed by atoms with Crippen molar-refractivity contribution in [3.8, 4) is 11.5 Å². The molecule has 1 aliphatic heterocycles. The van der Waals surface area contributed by atoms with Crippen molar-refractivity contribution in [2.75, 3.05) is 13.2 Å². The molecule has 0 aliphatic carbocycles. The summed E-state index contributed by atoms with van der Waals surface area (Å²) in [6.07, 6.45) is 0.949. The molecule has 0 saturated heterocycles. The van der Waals surface area contributed by atoms with Crippen LogP contribution in [-0.4, -0.2) is 23.3 Å². The molecular formula is C14H17N3O2S. The van der Waals surface area contributed by atoms with E-state index in [1.807, 2.05) is 24.3 Å².